The highest BCUT2D eigenvalue weighted by Crippen LogP contribution is 2.38. The maximum absolute atomic E-state index is 11.2. The van der Waals surface area contributed by atoms with Crippen molar-refractivity contribution in [3.05, 3.63) is 11.7 Å². The summed E-state index contributed by atoms with van der Waals surface area (Å²) in [5.74, 6) is 1.94. The summed E-state index contributed by atoms with van der Waals surface area (Å²) < 4.78 is 30.2. The fourth-order valence-electron chi connectivity index (χ4n) is 2.41. The van der Waals surface area contributed by atoms with Crippen molar-refractivity contribution >= 4 is 10.0 Å². The van der Waals surface area contributed by atoms with Gasteiger partial charge in [0.15, 0.2) is 5.82 Å². The molecule has 1 aromatic rings. The lowest BCUT2D eigenvalue weighted by Gasteiger charge is -2.13. The van der Waals surface area contributed by atoms with E-state index in [-0.39, 0.29) is 6.04 Å². The first-order valence-electron chi connectivity index (χ1n) is 6.52. The molecule has 1 aliphatic carbocycles. The summed E-state index contributed by atoms with van der Waals surface area (Å²) in [5.41, 5.74) is 0. The minimum absolute atomic E-state index is 0.0131. The summed E-state index contributed by atoms with van der Waals surface area (Å²) in [7, 11) is -3.13. The summed E-state index contributed by atoms with van der Waals surface area (Å²) in [6.07, 6.45) is 4.32. The number of nitrogens with zero attached hydrogens (tertiary/aromatic N) is 3. The quantitative estimate of drug-likeness (QED) is 0.824. The van der Waals surface area contributed by atoms with E-state index in [9.17, 15) is 8.42 Å². The minimum atomic E-state index is -3.13. The fourth-order valence-corrected chi connectivity index (χ4v) is 3.20. The molecule has 2 aliphatic rings. The third-order valence-electron chi connectivity index (χ3n) is 3.44. The zero-order chi connectivity index (χ0) is 13.5. The van der Waals surface area contributed by atoms with Gasteiger partial charge in [-0.15, -0.1) is 0 Å². The third kappa shape index (κ3) is 3.52. The van der Waals surface area contributed by atoms with Crippen LogP contribution in [-0.4, -0.2) is 48.8 Å². The molecule has 2 fully saturated rings. The van der Waals surface area contributed by atoms with Gasteiger partial charge in [-0.2, -0.15) is 4.98 Å². The molecule has 0 bridgehead atoms. The van der Waals surface area contributed by atoms with Gasteiger partial charge in [-0.05, 0) is 19.3 Å². The molecule has 19 heavy (non-hydrogen) atoms. The van der Waals surface area contributed by atoms with Crippen LogP contribution in [0.15, 0.2) is 4.52 Å². The Morgan fingerprint density at radius 1 is 1.42 bits per heavy atom. The maximum atomic E-state index is 11.2. The first-order valence-corrected chi connectivity index (χ1v) is 8.41. The van der Waals surface area contributed by atoms with Crippen molar-refractivity contribution in [2.24, 2.45) is 0 Å². The van der Waals surface area contributed by atoms with E-state index in [4.69, 9.17) is 4.52 Å². The van der Waals surface area contributed by atoms with Crippen LogP contribution in [0.4, 0.5) is 0 Å². The first kappa shape index (κ1) is 13.0. The van der Waals surface area contributed by atoms with Gasteiger partial charge in [0.05, 0.1) is 12.8 Å². The summed E-state index contributed by atoms with van der Waals surface area (Å²) in [4.78, 5) is 6.51. The Bertz CT molecular complexity index is 552. The molecule has 3 rings (SSSR count). The Hall–Kier alpha value is -0.990. The molecule has 7 nitrogen and oxygen atoms in total. The van der Waals surface area contributed by atoms with Crippen LogP contribution < -0.4 is 4.72 Å². The molecule has 106 valence electrons. The second-order valence-electron chi connectivity index (χ2n) is 5.43. The molecule has 1 aromatic heterocycles. The van der Waals surface area contributed by atoms with Gasteiger partial charge in [0, 0.05) is 25.0 Å². The van der Waals surface area contributed by atoms with Crippen LogP contribution in [0.25, 0.3) is 0 Å². The van der Waals surface area contributed by atoms with Gasteiger partial charge in [-0.25, -0.2) is 13.1 Å². The average molecular weight is 286 g/mol. The Balaban J connectivity index is 1.53. The van der Waals surface area contributed by atoms with Gasteiger partial charge >= 0.3 is 0 Å². The van der Waals surface area contributed by atoms with Crippen molar-refractivity contribution in [2.75, 3.05) is 19.3 Å². The molecule has 0 aromatic carbocycles. The lowest BCUT2D eigenvalue weighted by Crippen LogP contribution is -2.36. The molecule has 0 amide bonds. The largest absolute Gasteiger partial charge is 0.338 e. The van der Waals surface area contributed by atoms with Crippen molar-refractivity contribution in [1.82, 2.24) is 19.8 Å². The molecule has 1 unspecified atom stereocenters. The summed E-state index contributed by atoms with van der Waals surface area (Å²) in [6, 6.07) is -0.0131. The molecule has 1 atom stereocenters. The molecular weight excluding hydrogens is 268 g/mol. The van der Waals surface area contributed by atoms with Crippen LogP contribution in [0.5, 0.6) is 0 Å². The lowest BCUT2D eigenvalue weighted by molar-refractivity contribution is 0.264. The van der Waals surface area contributed by atoms with Crippen LogP contribution in [0.3, 0.4) is 0 Å². The normalized spacial score (nSPS) is 25.0. The molecule has 2 heterocycles. The molecule has 1 saturated carbocycles. The Morgan fingerprint density at radius 3 is 2.89 bits per heavy atom. The van der Waals surface area contributed by atoms with Crippen LogP contribution >= 0.6 is 0 Å². The van der Waals surface area contributed by atoms with Gasteiger partial charge in [-0.3, -0.25) is 4.90 Å². The maximum Gasteiger partial charge on any atom is 0.240 e. The monoisotopic (exact) mass is 286 g/mol. The van der Waals surface area contributed by atoms with Crippen LogP contribution in [0.1, 0.15) is 36.9 Å². The SMILES string of the molecule is CS(=O)(=O)NC1CCN(Cc2nc(C3CC3)no2)C1. The van der Waals surface area contributed by atoms with Crippen molar-refractivity contribution in [2.45, 2.75) is 37.8 Å². The highest BCUT2D eigenvalue weighted by molar-refractivity contribution is 7.88. The standard InChI is InChI=1S/C11H18N4O3S/c1-19(16,17)14-9-4-5-15(6-9)7-10-12-11(13-18-10)8-2-3-8/h8-9,14H,2-7H2,1H3. The van der Waals surface area contributed by atoms with Crippen LogP contribution in [0.2, 0.25) is 0 Å². The van der Waals surface area contributed by atoms with Crippen LogP contribution in [-0.2, 0) is 16.6 Å². The molecule has 0 radical (unpaired) electrons. The second kappa shape index (κ2) is 4.84. The number of hydrogen-bond donors (Lipinski definition) is 1. The highest BCUT2D eigenvalue weighted by atomic mass is 32.2. The number of hydrogen-bond acceptors (Lipinski definition) is 6. The van der Waals surface area contributed by atoms with E-state index in [0.717, 1.165) is 31.6 Å². The lowest BCUT2D eigenvalue weighted by atomic mass is 10.3. The number of rotatable bonds is 5. The van der Waals surface area contributed by atoms with Gasteiger partial charge in [0.25, 0.3) is 0 Å². The number of aromatic nitrogens is 2. The predicted octanol–water partition coefficient (Wildman–Crippen LogP) is 0.0705. The zero-order valence-corrected chi connectivity index (χ0v) is 11.7. The van der Waals surface area contributed by atoms with E-state index >= 15 is 0 Å². The number of sulfonamides is 1. The van der Waals surface area contributed by atoms with E-state index in [0.29, 0.717) is 24.9 Å². The molecule has 8 heteroatoms. The van der Waals surface area contributed by atoms with Gasteiger partial charge in [0.1, 0.15) is 0 Å². The predicted molar refractivity (Wildman–Crippen MR) is 67.9 cm³/mol. The molecule has 1 N–H and O–H groups in total. The van der Waals surface area contributed by atoms with Gasteiger partial charge in [-0.1, -0.05) is 5.16 Å². The molecule has 1 saturated heterocycles. The van der Waals surface area contributed by atoms with Gasteiger partial charge < -0.3 is 4.52 Å². The fraction of sp³-hybridized carbons (Fsp3) is 0.818. The Kier molecular flexibility index (Phi) is 3.32. The summed E-state index contributed by atoms with van der Waals surface area (Å²) in [6.45, 7) is 2.13. The Labute approximate surface area is 112 Å². The third-order valence-corrected chi connectivity index (χ3v) is 4.20. The number of likely N-dealkylation sites (tertiary alicyclic amines) is 1. The van der Waals surface area contributed by atoms with Crippen molar-refractivity contribution in [3.8, 4) is 0 Å². The van der Waals surface area contributed by atoms with E-state index in [1.54, 1.807) is 0 Å². The van der Waals surface area contributed by atoms with E-state index in [1.807, 2.05) is 0 Å². The van der Waals surface area contributed by atoms with E-state index in [1.165, 1.54) is 6.26 Å². The summed E-state index contributed by atoms with van der Waals surface area (Å²) in [5, 5.41) is 3.97. The second-order valence-corrected chi connectivity index (χ2v) is 7.21. The van der Waals surface area contributed by atoms with Crippen molar-refractivity contribution < 1.29 is 12.9 Å². The van der Waals surface area contributed by atoms with Crippen molar-refractivity contribution in [1.29, 1.82) is 0 Å². The Morgan fingerprint density at radius 2 is 2.21 bits per heavy atom. The van der Waals surface area contributed by atoms with Gasteiger partial charge in [0.2, 0.25) is 15.9 Å². The smallest absolute Gasteiger partial charge is 0.240 e. The highest BCUT2D eigenvalue weighted by Gasteiger charge is 2.30. The molecule has 1 aliphatic heterocycles. The van der Waals surface area contributed by atoms with E-state index < -0.39 is 10.0 Å². The topological polar surface area (TPSA) is 88.3 Å². The van der Waals surface area contributed by atoms with Crippen molar-refractivity contribution in [3.63, 3.8) is 0 Å². The van der Waals surface area contributed by atoms with E-state index in [2.05, 4.69) is 19.8 Å². The zero-order valence-electron chi connectivity index (χ0n) is 10.9. The average Bonchev–Trinajstić information content (AvgIpc) is 2.91. The number of nitrogens with one attached hydrogen (secondary N) is 1. The first-order chi connectivity index (χ1) is 8.99. The minimum Gasteiger partial charge on any atom is -0.338 e. The van der Waals surface area contributed by atoms with Crippen LogP contribution in [0, 0.1) is 0 Å². The molecular formula is C11H18N4O3S. The summed E-state index contributed by atoms with van der Waals surface area (Å²) >= 11 is 0. The molecule has 0 spiro atoms.